The van der Waals surface area contributed by atoms with Gasteiger partial charge in [-0.1, -0.05) is 6.08 Å². The second-order valence-corrected chi connectivity index (χ2v) is 4.99. The van der Waals surface area contributed by atoms with Gasteiger partial charge in [-0.2, -0.15) is 0 Å². The van der Waals surface area contributed by atoms with Gasteiger partial charge in [0.05, 0.1) is 6.61 Å². The van der Waals surface area contributed by atoms with Gasteiger partial charge in [0.15, 0.2) is 12.1 Å². The lowest BCUT2D eigenvalue weighted by Gasteiger charge is -2.35. The van der Waals surface area contributed by atoms with Crippen molar-refractivity contribution in [1.29, 1.82) is 0 Å². The molecule has 2 fully saturated rings. The molecule has 0 spiro atoms. The summed E-state index contributed by atoms with van der Waals surface area (Å²) in [7, 11) is 1.49. The Bertz CT molecular complexity index is 331. The van der Waals surface area contributed by atoms with E-state index in [9.17, 15) is 5.11 Å². The van der Waals surface area contributed by atoms with E-state index in [2.05, 4.69) is 6.58 Å². The van der Waals surface area contributed by atoms with Crippen LogP contribution in [0.15, 0.2) is 12.7 Å². The summed E-state index contributed by atoms with van der Waals surface area (Å²) in [6, 6.07) is 0. The van der Waals surface area contributed by atoms with Gasteiger partial charge in [0.25, 0.3) is 0 Å². The third-order valence-electron chi connectivity index (χ3n) is 3.44. The number of hydrogen-bond acceptors (Lipinski definition) is 6. The van der Waals surface area contributed by atoms with Gasteiger partial charge in [0.1, 0.15) is 23.9 Å². The highest BCUT2D eigenvalue weighted by molar-refractivity contribution is 5.17. The summed E-state index contributed by atoms with van der Waals surface area (Å²) in [5.74, 6) is -0.780. The van der Waals surface area contributed by atoms with E-state index >= 15 is 0 Å². The molecular formula is C12H20O6. The molecule has 18 heavy (non-hydrogen) atoms. The summed E-state index contributed by atoms with van der Waals surface area (Å²) in [5.41, 5.74) is -1.04. The minimum Gasteiger partial charge on any atom is -0.394 e. The van der Waals surface area contributed by atoms with Crippen molar-refractivity contribution in [2.75, 3.05) is 13.7 Å². The summed E-state index contributed by atoms with van der Waals surface area (Å²) >= 11 is 0. The molecule has 2 saturated heterocycles. The molecule has 0 aromatic carbocycles. The Labute approximate surface area is 106 Å². The maximum absolute atomic E-state index is 9.83. The minimum absolute atomic E-state index is 0.438. The number of fused-ring (bicyclic) bond motifs is 1. The molecule has 0 radical (unpaired) electrons. The number of methoxy groups -OCH3 is 1. The van der Waals surface area contributed by atoms with E-state index in [0.29, 0.717) is 0 Å². The number of aliphatic hydroxyl groups is 2. The van der Waals surface area contributed by atoms with Crippen LogP contribution in [-0.2, 0) is 18.9 Å². The van der Waals surface area contributed by atoms with E-state index in [4.69, 9.17) is 24.1 Å². The highest BCUT2D eigenvalue weighted by atomic mass is 16.8. The maximum Gasteiger partial charge on any atom is 0.191 e. The minimum atomic E-state index is -1.09. The van der Waals surface area contributed by atoms with Crippen molar-refractivity contribution in [2.24, 2.45) is 0 Å². The molecular weight excluding hydrogens is 240 g/mol. The van der Waals surface area contributed by atoms with E-state index < -0.39 is 42.6 Å². The summed E-state index contributed by atoms with van der Waals surface area (Å²) in [6.07, 6.45) is -1.52. The molecule has 2 rings (SSSR count). The van der Waals surface area contributed by atoms with E-state index in [1.807, 2.05) is 0 Å². The molecule has 0 aromatic heterocycles. The van der Waals surface area contributed by atoms with Gasteiger partial charge >= 0.3 is 0 Å². The fourth-order valence-corrected chi connectivity index (χ4v) is 2.58. The average molecular weight is 260 g/mol. The number of ether oxygens (including phenoxy) is 4. The Kier molecular flexibility index (Phi) is 3.52. The fourth-order valence-electron chi connectivity index (χ4n) is 2.58. The van der Waals surface area contributed by atoms with Crippen molar-refractivity contribution < 1.29 is 29.2 Å². The van der Waals surface area contributed by atoms with Crippen LogP contribution in [0.4, 0.5) is 0 Å². The van der Waals surface area contributed by atoms with Crippen LogP contribution < -0.4 is 0 Å². The standard InChI is InChI=1S/C12H20O6/c1-5-12(15-4)8(7(14)6-13)16-10-9(12)17-11(2,3)18-10/h5,7-10,13-14H,1,6H2,2-4H3/t7-,8-,9+,10-,12-/m1/s1. The van der Waals surface area contributed by atoms with Crippen molar-refractivity contribution in [1.82, 2.24) is 0 Å². The molecule has 2 aliphatic rings. The Hall–Kier alpha value is -0.500. The van der Waals surface area contributed by atoms with Crippen LogP contribution in [0, 0.1) is 0 Å². The first-order chi connectivity index (χ1) is 8.40. The summed E-state index contributed by atoms with van der Waals surface area (Å²) < 4.78 is 22.4. The lowest BCUT2D eigenvalue weighted by molar-refractivity contribution is -0.240. The van der Waals surface area contributed by atoms with E-state index in [-0.39, 0.29) is 0 Å². The Balaban J connectivity index is 2.31. The molecule has 5 atom stereocenters. The lowest BCUT2D eigenvalue weighted by Crippen LogP contribution is -2.54. The van der Waals surface area contributed by atoms with Crippen molar-refractivity contribution in [3.8, 4) is 0 Å². The molecule has 0 amide bonds. The topological polar surface area (TPSA) is 77.4 Å². The monoisotopic (exact) mass is 260 g/mol. The van der Waals surface area contributed by atoms with Crippen LogP contribution in [0.2, 0.25) is 0 Å². The van der Waals surface area contributed by atoms with Gasteiger partial charge in [-0.15, -0.1) is 6.58 Å². The fraction of sp³-hybridized carbons (Fsp3) is 0.833. The third-order valence-corrected chi connectivity index (χ3v) is 3.44. The Morgan fingerprint density at radius 1 is 1.44 bits per heavy atom. The quantitative estimate of drug-likeness (QED) is 0.681. The smallest absolute Gasteiger partial charge is 0.191 e. The molecule has 2 heterocycles. The highest BCUT2D eigenvalue weighted by Gasteiger charge is 2.64. The summed E-state index contributed by atoms with van der Waals surface area (Å²) in [4.78, 5) is 0. The molecule has 0 bridgehead atoms. The first kappa shape index (κ1) is 13.9. The van der Waals surface area contributed by atoms with Crippen LogP contribution in [-0.4, -0.2) is 59.9 Å². The van der Waals surface area contributed by atoms with Gasteiger partial charge < -0.3 is 29.2 Å². The second-order valence-electron chi connectivity index (χ2n) is 4.99. The van der Waals surface area contributed by atoms with Gasteiger partial charge in [-0.25, -0.2) is 0 Å². The summed E-state index contributed by atoms with van der Waals surface area (Å²) in [6.45, 7) is 6.84. The van der Waals surface area contributed by atoms with Gasteiger partial charge in [-0.3, -0.25) is 0 Å². The van der Waals surface area contributed by atoms with Crippen LogP contribution in [0.25, 0.3) is 0 Å². The maximum atomic E-state index is 9.83. The van der Waals surface area contributed by atoms with E-state index in [0.717, 1.165) is 0 Å². The Morgan fingerprint density at radius 3 is 2.61 bits per heavy atom. The van der Waals surface area contributed by atoms with Crippen LogP contribution in [0.1, 0.15) is 13.8 Å². The number of aliphatic hydroxyl groups excluding tert-OH is 2. The summed E-state index contributed by atoms with van der Waals surface area (Å²) in [5, 5.41) is 18.9. The normalized spacial score (nSPS) is 43.7. The molecule has 0 unspecified atom stereocenters. The number of hydrogen-bond donors (Lipinski definition) is 2. The van der Waals surface area contributed by atoms with Crippen molar-refractivity contribution in [3.63, 3.8) is 0 Å². The van der Waals surface area contributed by atoms with Crippen LogP contribution in [0.5, 0.6) is 0 Å². The van der Waals surface area contributed by atoms with Gasteiger partial charge in [-0.05, 0) is 13.8 Å². The van der Waals surface area contributed by atoms with Crippen LogP contribution in [0.3, 0.4) is 0 Å². The van der Waals surface area contributed by atoms with Gasteiger partial charge in [0, 0.05) is 7.11 Å². The van der Waals surface area contributed by atoms with E-state index in [1.54, 1.807) is 13.8 Å². The molecule has 104 valence electrons. The SMILES string of the molecule is C=C[C@@]1(OC)[C@@H]([C@H](O)CO)O[C@@H]2OC(C)(C)O[C@@H]21. The molecule has 2 N–H and O–H groups in total. The lowest BCUT2D eigenvalue weighted by atomic mass is 9.89. The molecule has 6 heteroatoms. The van der Waals surface area contributed by atoms with Crippen molar-refractivity contribution >= 4 is 0 Å². The average Bonchev–Trinajstić information content (AvgIpc) is 2.78. The molecule has 0 aromatic rings. The van der Waals surface area contributed by atoms with Gasteiger partial charge in [0.2, 0.25) is 0 Å². The largest absolute Gasteiger partial charge is 0.394 e. The van der Waals surface area contributed by atoms with Crippen molar-refractivity contribution in [2.45, 2.75) is 49.8 Å². The van der Waals surface area contributed by atoms with Crippen molar-refractivity contribution in [3.05, 3.63) is 12.7 Å². The zero-order valence-electron chi connectivity index (χ0n) is 10.8. The first-order valence-electron chi connectivity index (χ1n) is 5.89. The zero-order chi connectivity index (χ0) is 13.6. The second kappa shape index (κ2) is 4.56. The highest BCUT2D eigenvalue weighted by Crippen LogP contribution is 2.46. The van der Waals surface area contributed by atoms with Crippen LogP contribution >= 0.6 is 0 Å². The molecule has 0 saturated carbocycles. The molecule has 0 aliphatic carbocycles. The number of rotatable bonds is 4. The first-order valence-corrected chi connectivity index (χ1v) is 5.89. The Morgan fingerprint density at radius 2 is 2.11 bits per heavy atom. The van der Waals surface area contributed by atoms with E-state index in [1.165, 1.54) is 13.2 Å². The predicted octanol–water partition coefficient (Wildman–Crippen LogP) is -0.213. The predicted molar refractivity (Wildman–Crippen MR) is 61.7 cm³/mol. The molecule has 2 aliphatic heterocycles. The third kappa shape index (κ3) is 1.89. The molecule has 6 nitrogen and oxygen atoms in total. The zero-order valence-corrected chi connectivity index (χ0v) is 10.8.